The zero-order chi connectivity index (χ0) is 19.3. The lowest BCUT2D eigenvalue weighted by molar-refractivity contribution is -0.120. The van der Waals surface area contributed by atoms with E-state index in [-0.39, 0.29) is 11.7 Å². The zero-order valence-corrected chi connectivity index (χ0v) is 15.9. The first-order chi connectivity index (χ1) is 12.9. The molecule has 2 N–H and O–H groups in total. The third-order valence-electron chi connectivity index (χ3n) is 5.07. The predicted octanol–water partition coefficient (Wildman–Crippen LogP) is 3.12. The van der Waals surface area contributed by atoms with Crippen molar-refractivity contribution in [3.05, 3.63) is 70.5 Å². The Labute approximate surface area is 164 Å². The van der Waals surface area contributed by atoms with E-state index in [9.17, 15) is 14.3 Å². The molecule has 2 aromatic carbocycles. The number of carbonyl (C=O) groups excluding carboxylic acids is 1. The van der Waals surface area contributed by atoms with Gasteiger partial charge in [-0.1, -0.05) is 35.9 Å². The van der Waals surface area contributed by atoms with E-state index in [1.807, 2.05) is 12.1 Å². The Morgan fingerprint density at radius 2 is 1.89 bits per heavy atom. The minimum atomic E-state index is -0.976. The van der Waals surface area contributed by atoms with Crippen LogP contribution in [0.4, 0.5) is 4.39 Å². The van der Waals surface area contributed by atoms with Crippen LogP contribution in [0.5, 0.6) is 0 Å². The van der Waals surface area contributed by atoms with Gasteiger partial charge in [0.2, 0.25) is 5.91 Å². The molecular formula is C21H24ClFN2O2. The molecular weight excluding hydrogens is 367 g/mol. The fourth-order valence-corrected chi connectivity index (χ4v) is 3.54. The van der Waals surface area contributed by atoms with E-state index in [1.165, 1.54) is 12.1 Å². The minimum absolute atomic E-state index is 0.0226. The van der Waals surface area contributed by atoms with E-state index < -0.39 is 5.60 Å². The second kappa shape index (κ2) is 8.83. The third kappa shape index (κ3) is 5.51. The standard InChI is InChI=1S/C21H24ClFN2O2/c22-18-6-4-16(5-7-18)14-20(26)24-10-13-25-11-8-21(27,9-12-25)17-2-1-3-19(23)15-17/h1-7,15,27H,8-14H2,(H,24,26). The van der Waals surface area contributed by atoms with Gasteiger partial charge in [0.1, 0.15) is 5.82 Å². The van der Waals surface area contributed by atoms with Gasteiger partial charge in [0.15, 0.2) is 0 Å². The van der Waals surface area contributed by atoms with Crippen molar-refractivity contribution in [2.24, 2.45) is 0 Å². The van der Waals surface area contributed by atoms with Crippen LogP contribution in [-0.4, -0.2) is 42.1 Å². The average molecular weight is 391 g/mol. The molecule has 1 saturated heterocycles. The molecule has 0 unspecified atom stereocenters. The number of hydrogen-bond donors (Lipinski definition) is 2. The first-order valence-electron chi connectivity index (χ1n) is 9.16. The van der Waals surface area contributed by atoms with Crippen LogP contribution in [0.25, 0.3) is 0 Å². The Hall–Kier alpha value is -1.95. The van der Waals surface area contributed by atoms with Crippen LogP contribution < -0.4 is 5.32 Å². The van der Waals surface area contributed by atoms with Crippen molar-refractivity contribution >= 4 is 17.5 Å². The average Bonchev–Trinajstić information content (AvgIpc) is 2.65. The van der Waals surface area contributed by atoms with Crippen LogP contribution in [0.15, 0.2) is 48.5 Å². The molecule has 0 aromatic heterocycles. The summed E-state index contributed by atoms with van der Waals surface area (Å²) in [5.74, 6) is -0.350. The van der Waals surface area contributed by atoms with Crippen molar-refractivity contribution in [1.29, 1.82) is 0 Å². The van der Waals surface area contributed by atoms with Crippen LogP contribution in [-0.2, 0) is 16.8 Å². The lowest BCUT2D eigenvalue weighted by Gasteiger charge is -2.38. The number of likely N-dealkylation sites (tertiary alicyclic amines) is 1. The Bertz CT molecular complexity index is 774. The van der Waals surface area contributed by atoms with Crippen molar-refractivity contribution in [3.63, 3.8) is 0 Å². The van der Waals surface area contributed by atoms with Crippen LogP contribution in [0, 0.1) is 5.82 Å². The maximum atomic E-state index is 13.4. The summed E-state index contributed by atoms with van der Waals surface area (Å²) in [6.07, 6.45) is 1.43. The van der Waals surface area contributed by atoms with Gasteiger partial charge < -0.3 is 15.3 Å². The largest absolute Gasteiger partial charge is 0.385 e. The molecule has 6 heteroatoms. The number of aliphatic hydroxyl groups is 1. The van der Waals surface area contributed by atoms with Gasteiger partial charge >= 0.3 is 0 Å². The Kier molecular flexibility index (Phi) is 6.47. The molecule has 2 aromatic rings. The molecule has 1 heterocycles. The number of hydrogen-bond acceptors (Lipinski definition) is 3. The highest BCUT2D eigenvalue weighted by Gasteiger charge is 2.33. The molecule has 1 aliphatic rings. The number of nitrogens with zero attached hydrogens (tertiary/aromatic N) is 1. The van der Waals surface area contributed by atoms with Crippen LogP contribution in [0.3, 0.4) is 0 Å². The Morgan fingerprint density at radius 1 is 1.19 bits per heavy atom. The van der Waals surface area contributed by atoms with E-state index in [0.29, 0.717) is 49.5 Å². The van der Waals surface area contributed by atoms with E-state index in [1.54, 1.807) is 24.3 Å². The third-order valence-corrected chi connectivity index (χ3v) is 5.33. The van der Waals surface area contributed by atoms with Gasteiger partial charge in [-0.05, 0) is 48.2 Å². The highest BCUT2D eigenvalue weighted by molar-refractivity contribution is 6.30. The molecule has 1 fully saturated rings. The lowest BCUT2D eigenvalue weighted by atomic mass is 9.84. The smallest absolute Gasteiger partial charge is 0.224 e. The van der Waals surface area contributed by atoms with E-state index in [4.69, 9.17) is 11.6 Å². The summed E-state index contributed by atoms with van der Waals surface area (Å²) < 4.78 is 13.4. The zero-order valence-electron chi connectivity index (χ0n) is 15.1. The van der Waals surface area contributed by atoms with Gasteiger partial charge in [0, 0.05) is 31.2 Å². The molecule has 1 aliphatic heterocycles. The molecule has 0 atom stereocenters. The minimum Gasteiger partial charge on any atom is -0.385 e. The Balaban J connectivity index is 1.40. The molecule has 144 valence electrons. The molecule has 4 nitrogen and oxygen atoms in total. The van der Waals surface area contributed by atoms with Crippen molar-refractivity contribution < 1.29 is 14.3 Å². The molecule has 0 aliphatic carbocycles. The van der Waals surface area contributed by atoms with Gasteiger partial charge in [-0.15, -0.1) is 0 Å². The first-order valence-corrected chi connectivity index (χ1v) is 9.54. The lowest BCUT2D eigenvalue weighted by Crippen LogP contribution is -2.45. The van der Waals surface area contributed by atoms with Crippen LogP contribution in [0.2, 0.25) is 5.02 Å². The topological polar surface area (TPSA) is 52.6 Å². The molecule has 0 radical (unpaired) electrons. The van der Waals surface area contributed by atoms with Crippen molar-refractivity contribution in [2.75, 3.05) is 26.2 Å². The van der Waals surface area contributed by atoms with E-state index >= 15 is 0 Å². The fourth-order valence-electron chi connectivity index (χ4n) is 3.42. The fraction of sp³-hybridized carbons (Fsp3) is 0.381. The summed E-state index contributed by atoms with van der Waals surface area (Å²) in [4.78, 5) is 14.2. The second-order valence-electron chi connectivity index (χ2n) is 7.04. The van der Waals surface area contributed by atoms with Gasteiger partial charge in [0.05, 0.1) is 12.0 Å². The molecule has 0 saturated carbocycles. The number of halogens is 2. The highest BCUT2D eigenvalue weighted by Crippen LogP contribution is 2.32. The molecule has 27 heavy (non-hydrogen) atoms. The highest BCUT2D eigenvalue weighted by atomic mass is 35.5. The normalized spacial score (nSPS) is 16.9. The Morgan fingerprint density at radius 3 is 2.56 bits per heavy atom. The van der Waals surface area contributed by atoms with Crippen molar-refractivity contribution in [2.45, 2.75) is 24.9 Å². The molecule has 1 amide bonds. The van der Waals surface area contributed by atoms with Gasteiger partial charge in [0.25, 0.3) is 0 Å². The second-order valence-corrected chi connectivity index (χ2v) is 7.47. The van der Waals surface area contributed by atoms with Crippen LogP contribution >= 0.6 is 11.6 Å². The number of amides is 1. The number of rotatable bonds is 6. The number of carbonyl (C=O) groups is 1. The summed E-state index contributed by atoms with van der Waals surface area (Å²) in [5, 5.41) is 14.4. The van der Waals surface area contributed by atoms with E-state index in [0.717, 1.165) is 12.1 Å². The summed E-state index contributed by atoms with van der Waals surface area (Å²) in [6, 6.07) is 13.4. The molecule has 3 rings (SSSR count). The number of piperidine rings is 1. The van der Waals surface area contributed by atoms with Crippen LogP contribution in [0.1, 0.15) is 24.0 Å². The number of nitrogens with one attached hydrogen (secondary N) is 1. The maximum absolute atomic E-state index is 13.4. The van der Waals surface area contributed by atoms with E-state index in [2.05, 4.69) is 10.2 Å². The van der Waals surface area contributed by atoms with Crippen molar-refractivity contribution in [1.82, 2.24) is 10.2 Å². The predicted molar refractivity (Wildman–Crippen MR) is 104 cm³/mol. The molecule has 0 bridgehead atoms. The van der Waals surface area contributed by atoms with Gasteiger partial charge in [-0.3, -0.25) is 4.79 Å². The summed E-state index contributed by atoms with van der Waals surface area (Å²) in [5.41, 5.74) is 0.588. The monoisotopic (exact) mass is 390 g/mol. The number of benzene rings is 2. The van der Waals surface area contributed by atoms with Gasteiger partial charge in [-0.25, -0.2) is 4.39 Å². The first kappa shape index (κ1) is 19.8. The molecule has 0 spiro atoms. The quantitative estimate of drug-likeness (QED) is 0.796. The van der Waals surface area contributed by atoms with Crippen molar-refractivity contribution in [3.8, 4) is 0 Å². The van der Waals surface area contributed by atoms with Gasteiger partial charge in [-0.2, -0.15) is 0 Å². The summed E-state index contributed by atoms with van der Waals surface area (Å²) in [6.45, 7) is 2.70. The summed E-state index contributed by atoms with van der Waals surface area (Å²) in [7, 11) is 0. The SMILES string of the molecule is O=C(Cc1ccc(Cl)cc1)NCCN1CCC(O)(c2cccc(F)c2)CC1. The summed E-state index contributed by atoms with van der Waals surface area (Å²) >= 11 is 5.84. The maximum Gasteiger partial charge on any atom is 0.224 e.